The summed E-state index contributed by atoms with van der Waals surface area (Å²) in [6.45, 7) is 2.96. The second-order valence-corrected chi connectivity index (χ2v) is 3.55. The molecule has 1 rings (SSSR count). The van der Waals surface area contributed by atoms with Gasteiger partial charge in [-0.05, 0) is 25.7 Å². The molecular weight excluding hydrogens is 182 g/mol. The molecule has 0 saturated carbocycles. The maximum absolute atomic E-state index is 11.0. The van der Waals surface area contributed by atoms with E-state index in [2.05, 4.69) is 5.32 Å². The first kappa shape index (κ1) is 11.0. The quantitative estimate of drug-likeness (QED) is 0.683. The molecule has 0 aromatic heterocycles. The minimum Gasteiger partial charge on any atom is -0.466 e. The monoisotopic (exact) mass is 199 g/mol. The van der Waals surface area contributed by atoms with E-state index < -0.39 is 0 Å². The second-order valence-electron chi connectivity index (χ2n) is 3.55. The molecule has 1 fully saturated rings. The number of carbonyl (C=O) groups is 2. The highest BCUT2D eigenvalue weighted by atomic mass is 16.5. The average molecular weight is 199 g/mol. The number of hydrogen-bond donors (Lipinski definition) is 1. The molecule has 0 bridgehead atoms. The van der Waals surface area contributed by atoms with Crippen LogP contribution in [0.5, 0.6) is 0 Å². The van der Waals surface area contributed by atoms with E-state index in [-0.39, 0.29) is 11.9 Å². The van der Waals surface area contributed by atoms with Crippen molar-refractivity contribution in [2.75, 3.05) is 13.2 Å². The molecule has 0 spiro atoms. The number of amides is 1. The van der Waals surface area contributed by atoms with Gasteiger partial charge in [0.15, 0.2) is 0 Å². The third-order valence-electron chi connectivity index (χ3n) is 2.43. The Morgan fingerprint density at radius 3 is 3.00 bits per heavy atom. The number of hydrogen-bond acceptors (Lipinski definition) is 3. The Morgan fingerprint density at radius 1 is 1.64 bits per heavy atom. The van der Waals surface area contributed by atoms with E-state index in [0.29, 0.717) is 31.9 Å². The normalized spacial score (nSPS) is 21.5. The standard InChI is InChI=1S/C10H17NO3/c1-2-14-10(13)6-4-8-3-5-9(12)11-7-8/h8H,2-7H2,1H3,(H,11,12). The summed E-state index contributed by atoms with van der Waals surface area (Å²) >= 11 is 0. The minimum absolute atomic E-state index is 0.123. The van der Waals surface area contributed by atoms with Gasteiger partial charge in [0.25, 0.3) is 0 Å². The van der Waals surface area contributed by atoms with Crippen LogP contribution >= 0.6 is 0 Å². The molecule has 0 aliphatic carbocycles. The predicted octanol–water partition coefficient (Wildman–Crippen LogP) is 0.856. The van der Waals surface area contributed by atoms with Gasteiger partial charge in [0.2, 0.25) is 5.91 Å². The van der Waals surface area contributed by atoms with Crippen molar-refractivity contribution in [1.29, 1.82) is 0 Å². The topological polar surface area (TPSA) is 55.4 Å². The van der Waals surface area contributed by atoms with Crippen LogP contribution in [-0.4, -0.2) is 25.0 Å². The largest absolute Gasteiger partial charge is 0.466 e. The molecule has 1 aliphatic rings. The highest BCUT2D eigenvalue weighted by molar-refractivity contribution is 5.76. The van der Waals surface area contributed by atoms with Gasteiger partial charge in [-0.1, -0.05) is 0 Å². The van der Waals surface area contributed by atoms with Gasteiger partial charge >= 0.3 is 5.97 Å². The van der Waals surface area contributed by atoms with Gasteiger partial charge in [-0.25, -0.2) is 0 Å². The van der Waals surface area contributed by atoms with Gasteiger partial charge in [-0.2, -0.15) is 0 Å². The van der Waals surface area contributed by atoms with Crippen LogP contribution in [0, 0.1) is 5.92 Å². The van der Waals surface area contributed by atoms with Gasteiger partial charge in [0, 0.05) is 19.4 Å². The first-order chi connectivity index (χ1) is 6.72. The first-order valence-electron chi connectivity index (χ1n) is 5.14. The fourth-order valence-electron chi connectivity index (χ4n) is 1.59. The van der Waals surface area contributed by atoms with Crippen LogP contribution in [0.4, 0.5) is 0 Å². The summed E-state index contributed by atoms with van der Waals surface area (Å²) < 4.78 is 4.83. The van der Waals surface area contributed by atoms with E-state index in [1.165, 1.54) is 0 Å². The lowest BCUT2D eigenvalue weighted by Gasteiger charge is -2.21. The van der Waals surface area contributed by atoms with E-state index in [9.17, 15) is 9.59 Å². The summed E-state index contributed by atoms with van der Waals surface area (Å²) in [5.74, 6) is 0.430. The van der Waals surface area contributed by atoms with Crippen molar-refractivity contribution in [3.05, 3.63) is 0 Å². The zero-order valence-electron chi connectivity index (χ0n) is 8.54. The number of ether oxygens (including phenoxy) is 1. The number of nitrogens with one attached hydrogen (secondary N) is 1. The smallest absolute Gasteiger partial charge is 0.305 e. The molecule has 4 heteroatoms. The summed E-state index contributed by atoms with van der Waals surface area (Å²) in [6.07, 6.45) is 2.77. The minimum atomic E-state index is -0.135. The Morgan fingerprint density at radius 2 is 2.43 bits per heavy atom. The molecule has 1 amide bonds. The van der Waals surface area contributed by atoms with Crippen LogP contribution in [0.2, 0.25) is 0 Å². The maximum Gasteiger partial charge on any atom is 0.305 e. The fraction of sp³-hybridized carbons (Fsp3) is 0.800. The van der Waals surface area contributed by atoms with Crippen molar-refractivity contribution >= 4 is 11.9 Å². The highest BCUT2D eigenvalue weighted by Crippen LogP contribution is 2.16. The lowest BCUT2D eigenvalue weighted by molar-refractivity contribution is -0.143. The Kier molecular flexibility index (Phi) is 4.43. The molecule has 1 N–H and O–H groups in total. The molecule has 1 heterocycles. The van der Waals surface area contributed by atoms with Crippen LogP contribution in [0.1, 0.15) is 32.6 Å². The average Bonchev–Trinajstić information content (AvgIpc) is 2.17. The second kappa shape index (κ2) is 5.62. The summed E-state index contributed by atoms with van der Waals surface area (Å²) in [4.78, 5) is 21.9. The number of carbonyl (C=O) groups excluding carboxylic acids is 2. The van der Waals surface area contributed by atoms with Gasteiger partial charge in [0.05, 0.1) is 6.61 Å². The lowest BCUT2D eigenvalue weighted by Crippen LogP contribution is -2.35. The third-order valence-corrected chi connectivity index (χ3v) is 2.43. The maximum atomic E-state index is 11.0. The molecule has 1 aliphatic heterocycles. The summed E-state index contributed by atoms with van der Waals surface area (Å²) in [7, 11) is 0. The molecule has 0 aromatic rings. The van der Waals surface area contributed by atoms with Crippen LogP contribution < -0.4 is 5.32 Å². The Labute approximate surface area is 84.0 Å². The molecule has 1 atom stereocenters. The van der Waals surface area contributed by atoms with E-state index >= 15 is 0 Å². The predicted molar refractivity (Wildman–Crippen MR) is 51.6 cm³/mol. The zero-order valence-corrected chi connectivity index (χ0v) is 8.54. The van der Waals surface area contributed by atoms with Gasteiger partial charge in [-0.15, -0.1) is 0 Å². The van der Waals surface area contributed by atoms with Crippen LogP contribution in [-0.2, 0) is 14.3 Å². The Bertz CT molecular complexity index is 205. The van der Waals surface area contributed by atoms with Crippen molar-refractivity contribution in [1.82, 2.24) is 5.32 Å². The molecular formula is C10H17NO3. The molecule has 80 valence electrons. The van der Waals surface area contributed by atoms with E-state index in [1.807, 2.05) is 0 Å². The zero-order chi connectivity index (χ0) is 10.4. The molecule has 14 heavy (non-hydrogen) atoms. The van der Waals surface area contributed by atoms with Crippen molar-refractivity contribution in [2.24, 2.45) is 5.92 Å². The van der Waals surface area contributed by atoms with Gasteiger partial charge < -0.3 is 10.1 Å². The molecule has 0 radical (unpaired) electrons. The van der Waals surface area contributed by atoms with Crippen molar-refractivity contribution in [2.45, 2.75) is 32.6 Å². The third kappa shape index (κ3) is 3.77. The SMILES string of the molecule is CCOC(=O)CCC1CCC(=O)NC1. The van der Waals surface area contributed by atoms with E-state index in [1.54, 1.807) is 6.92 Å². The molecule has 0 aromatic carbocycles. The molecule has 1 saturated heterocycles. The molecule has 1 unspecified atom stereocenters. The van der Waals surface area contributed by atoms with E-state index in [0.717, 1.165) is 12.8 Å². The van der Waals surface area contributed by atoms with Gasteiger partial charge in [-0.3, -0.25) is 9.59 Å². The summed E-state index contributed by atoms with van der Waals surface area (Å²) in [5.41, 5.74) is 0. The number of esters is 1. The number of piperidine rings is 1. The number of rotatable bonds is 4. The highest BCUT2D eigenvalue weighted by Gasteiger charge is 2.18. The Hall–Kier alpha value is -1.06. The Balaban J connectivity index is 2.12. The summed E-state index contributed by atoms with van der Waals surface area (Å²) in [5, 5.41) is 2.80. The van der Waals surface area contributed by atoms with Crippen LogP contribution in [0.25, 0.3) is 0 Å². The lowest BCUT2D eigenvalue weighted by atomic mass is 9.94. The first-order valence-corrected chi connectivity index (χ1v) is 5.14. The fourth-order valence-corrected chi connectivity index (χ4v) is 1.59. The van der Waals surface area contributed by atoms with Gasteiger partial charge in [0.1, 0.15) is 0 Å². The van der Waals surface area contributed by atoms with Crippen molar-refractivity contribution in [3.63, 3.8) is 0 Å². The van der Waals surface area contributed by atoms with Crippen LogP contribution in [0.15, 0.2) is 0 Å². The van der Waals surface area contributed by atoms with Crippen molar-refractivity contribution in [3.8, 4) is 0 Å². The summed E-state index contributed by atoms with van der Waals surface area (Å²) in [6, 6.07) is 0. The van der Waals surface area contributed by atoms with Crippen LogP contribution in [0.3, 0.4) is 0 Å². The van der Waals surface area contributed by atoms with E-state index in [4.69, 9.17) is 4.74 Å². The van der Waals surface area contributed by atoms with Crippen molar-refractivity contribution < 1.29 is 14.3 Å². The molecule has 4 nitrogen and oxygen atoms in total.